The fourth-order valence-electron chi connectivity index (χ4n) is 1.24. The van der Waals surface area contributed by atoms with E-state index in [1.54, 1.807) is 18.2 Å². The van der Waals surface area contributed by atoms with Crippen LogP contribution in [0.1, 0.15) is 5.56 Å². The Labute approximate surface area is 122 Å². The van der Waals surface area contributed by atoms with Crippen molar-refractivity contribution in [3.8, 4) is 0 Å². The second-order valence-electron chi connectivity index (χ2n) is 3.14. The van der Waals surface area contributed by atoms with Gasteiger partial charge in [-0.3, -0.25) is 4.79 Å². The van der Waals surface area contributed by atoms with Crippen molar-refractivity contribution in [1.82, 2.24) is 5.32 Å². The lowest BCUT2D eigenvalue weighted by Crippen LogP contribution is -2.17. The van der Waals surface area contributed by atoms with Crippen molar-refractivity contribution in [3.05, 3.63) is 37.7 Å². The maximum atomic E-state index is 11.5. The molecule has 1 aliphatic heterocycles. The Balaban J connectivity index is 2.46. The average Bonchev–Trinajstić information content (AvgIpc) is 2.53. The zero-order chi connectivity index (χ0) is 12.6. The summed E-state index contributed by atoms with van der Waals surface area (Å²) in [6.45, 7) is 0. The topological polar surface area (TPSA) is 29.1 Å². The molecule has 1 aromatic rings. The molecule has 2 rings (SSSR count). The number of carbonyl (C=O) groups is 1. The molecule has 0 bridgehead atoms. The van der Waals surface area contributed by atoms with Crippen LogP contribution in [0.2, 0.25) is 15.1 Å². The van der Waals surface area contributed by atoms with Crippen LogP contribution >= 0.6 is 58.8 Å². The molecule has 2 nitrogen and oxygen atoms in total. The second-order valence-corrected chi connectivity index (χ2v) is 6.08. The minimum absolute atomic E-state index is 0.243. The number of nitrogens with one attached hydrogen (secondary N) is 1. The van der Waals surface area contributed by atoms with Gasteiger partial charge in [-0.25, -0.2) is 0 Å². The zero-order valence-electron chi connectivity index (χ0n) is 8.09. The number of hydrogen-bond acceptors (Lipinski definition) is 3. The largest absolute Gasteiger partial charge is 0.307 e. The Morgan fingerprint density at radius 2 is 2.00 bits per heavy atom. The number of benzene rings is 1. The van der Waals surface area contributed by atoms with Gasteiger partial charge in [0.25, 0.3) is 5.91 Å². The number of amides is 1. The van der Waals surface area contributed by atoms with Gasteiger partial charge >= 0.3 is 0 Å². The van der Waals surface area contributed by atoms with E-state index in [0.29, 0.717) is 29.9 Å². The van der Waals surface area contributed by atoms with Crippen LogP contribution in [0, 0.1) is 0 Å². The minimum Gasteiger partial charge on any atom is -0.307 e. The van der Waals surface area contributed by atoms with E-state index in [2.05, 4.69) is 5.32 Å². The zero-order valence-corrected chi connectivity index (χ0v) is 12.0. The molecule has 0 saturated carbocycles. The molecule has 0 aliphatic carbocycles. The van der Waals surface area contributed by atoms with Gasteiger partial charge in [0.2, 0.25) is 0 Å². The molecule has 88 valence electrons. The van der Waals surface area contributed by atoms with Crippen LogP contribution in [-0.2, 0) is 4.79 Å². The first-order valence-corrected chi connectivity index (χ1v) is 6.72. The van der Waals surface area contributed by atoms with Crippen molar-refractivity contribution < 1.29 is 4.79 Å². The summed E-state index contributed by atoms with van der Waals surface area (Å²) in [5.41, 5.74) is 0.589. The number of carbonyl (C=O) groups excluding carboxylic acids is 1. The smallest absolute Gasteiger partial charge is 0.263 e. The van der Waals surface area contributed by atoms with Crippen LogP contribution in [-0.4, -0.2) is 10.2 Å². The predicted molar refractivity (Wildman–Crippen MR) is 77.8 cm³/mol. The fourth-order valence-corrected chi connectivity index (χ4v) is 2.95. The van der Waals surface area contributed by atoms with Gasteiger partial charge < -0.3 is 5.32 Å². The normalized spacial score (nSPS) is 17.7. The van der Waals surface area contributed by atoms with Crippen LogP contribution in [0.3, 0.4) is 0 Å². The third kappa shape index (κ3) is 2.95. The highest BCUT2D eigenvalue weighted by Gasteiger charge is 2.22. The average molecular weight is 325 g/mol. The molecule has 0 unspecified atom stereocenters. The fraction of sp³-hybridized carbons (Fsp3) is 0. The first-order valence-electron chi connectivity index (χ1n) is 4.37. The number of rotatable bonds is 1. The van der Waals surface area contributed by atoms with Crippen molar-refractivity contribution >= 4 is 75.1 Å². The summed E-state index contributed by atoms with van der Waals surface area (Å²) in [6.07, 6.45) is 1.61. The third-order valence-electron chi connectivity index (χ3n) is 1.95. The van der Waals surface area contributed by atoms with Crippen molar-refractivity contribution in [2.24, 2.45) is 0 Å². The quantitative estimate of drug-likeness (QED) is 0.478. The summed E-state index contributed by atoms with van der Waals surface area (Å²) in [5, 5.41) is 3.67. The van der Waals surface area contributed by atoms with Gasteiger partial charge in [-0.1, -0.05) is 58.8 Å². The number of thiocarbonyl (C=S) groups is 1. The van der Waals surface area contributed by atoms with Gasteiger partial charge in [0, 0.05) is 5.02 Å². The summed E-state index contributed by atoms with van der Waals surface area (Å²) < 4.78 is 0.422. The molecule has 17 heavy (non-hydrogen) atoms. The lowest BCUT2D eigenvalue weighted by molar-refractivity contribution is -0.115. The maximum Gasteiger partial charge on any atom is 0.263 e. The molecule has 1 aromatic carbocycles. The van der Waals surface area contributed by atoms with Crippen LogP contribution in [0.15, 0.2) is 17.0 Å². The summed E-state index contributed by atoms with van der Waals surface area (Å²) >= 11 is 23.8. The molecule has 0 radical (unpaired) electrons. The van der Waals surface area contributed by atoms with Crippen LogP contribution < -0.4 is 5.32 Å². The molecule has 0 spiro atoms. The first-order chi connectivity index (χ1) is 7.97. The number of thioether (sulfide) groups is 1. The molecule has 1 aliphatic rings. The SMILES string of the molecule is O=C1NC(=S)SC1=Cc1cc(Cl)cc(Cl)c1Cl. The molecule has 0 aromatic heterocycles. The van der Waals surface area contributed by atoms with E-state index in [4.69, 9.17) is 47.0 Å². The van der Waals surface area contributed by atoms with E-state index < -0.39 is 0 Å². The lowest BCUT2D eigenvalue weighted by atomic mass is 10.2. The van der Waals surface area contributed by atoms with Crippen molar-refractivity contribution in [3.63, 3.8) is 0 Å². The van der Waals surface area contributed by atoms with E-state index in [1.165, 1.54) is 11.8 Å². The van der Waals surface area contributed by atoms with Crippen LogP contribution in [0.4, 0.5) is 0 Å². The Kier molecular flexibility index (Phi) is 4.00. The Bertz CT molecular complexity index is 557. The Morgan fingerprint density at radius 1 is 1.29 bits per heavy atom. The van der Waals surface area contributed by atoms with Crippen molar-refractivity contribution in [2.75, 3.05) is 0 Å². The number of hydrogen-bond donors (Lipinski definition) is 1. The summed E-state index contributed by atoms with van der Waals surface area (Å²) in [6, 6.07) is 3.18. The van der Waals surface area contributed by atoms with Crippen molar-refractivity contribution in [2.45, 2.75) is 0 Å². The van der Waals surface area contributed by atoms with Gasteiger partial charge in [-0.2, -0.15) is 0 Å². The van der Waals surface area contributed by atoms with Crippen LogP contribution in [0.5, 0.6) is 0 Å². The standard InChI is InChI=1S/C10H4Cl3NOS2/c11-5-1-4(8(13)6(12)3-5)2-7-9(15)14-10(16)17-7/h1-3H,(H,14,15,16). The highest BCUT2D eigenvalue weighted by Crippen LogP contribution is 2.33. The molecule has 0 atom stereocenters. The molecular formula is C10H4Cl3NOS2. The molecule has 1 heterocycles. The summed E-state index contributed by atoms with van der Waals surface area (Å²) in [4.78, 5) is 11.9. The van der Waals surface area contributed by atoms with Crippen molar-refractivity contribution in [1.29, 1.82) is 0 Å². The number of halogens is 3. The highest BCUT2D eigenvalue weighted by atomic mass is 35.5. The predicted octanol–water partition coefficient (Wildman–Crippen LogP) is 4.14. The Hall–Kier alpha value is -0.260. The summed E-state index contributed by atoms with van der Waals surface area (Å²) in [5.74, 6) is -0.243. The molecule has 1 fully saturated rings. The third-order valence-corrected chi connectivity index (χ3v) is 4.15. The van der Waals surface area contributed by atoms with E-state index in [9.17, 15) is 4.79 Å². The minimum atomic E-state index is -0.243. The molecule has 1 saturated heterocycles. The summed E-state index contributed by atoms with van der Waals surface area (Å²) in [7, 11) is 0. The van der Waals surface area contributed by atoms with E-state index in [1.807, 2.05) is 0 Å². The van der Waals surface area contributed by atoms with Gasteiger partial charge in [-0.05, 0) is 23.8 Å². The van der Waals surface area contributed by atoms with Gasteiger partial charge in [0.1, 0.15) is 4.32 Å². The molecule has 7 heteroatoms. The highest BCUT2D eigenvalue weighted by molar-refractivity contribution is 8.26. The maximum absolute atomic E-state index is 11.5. The molecule has 1 N–H and O–H groups in total. The van der Waals surface area contributed by atoms with Crippen LogP contribution in [0.25, 0.3) is 6.08 Å². The van der Waals surface area contributed by atoms with Gasteiger partial charge in [-0.15, -0.1) is 0 Å². The molecule has 1 amide bonds. The lowest BCUT2D eigenvalue weighted by Gasteiger charge is -2.02. The van der Waals surface area contributed by atoms with Gasteiger partial charge in [0.05, 0.1) is 15.0 Å². The van der Waals surface area contributed by atoms with E-state index >= 15 is 0 Å². The molecular weight excluding hydrogens is 321 g/mol. The van der Waals surface area contributed by atoms with E-state index in [0.717, 1.165) is 0 Å². The van der Waals surface area contributed by atoms with Gasteiger partial charge in [0.15, 0.2) is 0 Å². The Morgan fingerprint density at radius 3 is 2.59 bits per heavy atom. The second kappa shape index (κ2) is 5.16. The monoisotopic (exact) mass is 323 g/mol. The first kappa shape index (κ1) is 13.2. The van der Waals surface area contributed by atoms with E-state index in [-0.39, 0.29) is 5.91 Å².